The summed E-state index contributed by atoms with van der Waals surface area (Å²) in [6.45, 7) is 5.63. The summed E-state index contributed by atoms with van der Waals surface area (Å²) in [5, 5.41) is 15.9. The van der Waals surface area contributed by atoms with Gasteiger partial charge in [-0.15, -0.1) is 0 Å². The van der Waals surface area contributed by atoms with Crippen molar-refractivity contribution in [3.8, 4) is 5.75 Å². The molecule has 0 atom stereocenters. The summed E-state index contributed by atoms with van der Waals surface area (Å²) >= 11 is 0. The highest BCUT2D eigenvalue weighted by Crippen LogP contribution is 2.28. The fourth-order valence-corrected chi connectivity index (χ4v) is 2.40. The van der Waals surface area contributed by atoms with E-state index in [1.807, 2.05) is 19.9 Å². The van der Waals surface area contributed by atoms with E-state index in [0.29, 0.717) is 5.69 Å². The first kappa shape index (κ1) is 14.8. The number of phenols is 1. The van der Waals surface area contributed by atoms with Gasteiger partial charge in [-0.25, -0.2) is 0 Å². The van der Waals surface area contributed by atoms with Gasteiger partial charge in [-0.1, -0.05) is 6.07 Å². The predicted octanol–water partition coefficient (Wildman–Crippen LogP) is 1.72. The maximum atomic E-state index is 11.9. The second kappa shape index (κ2) is 6.72. The summed E-state index contributed by atoms with van der Waals surface area (Å²) in [7, 11) is 0. The monoisotopic (exact) mass is 278 g/mol. The van der Waals surface area contributed by atoms with Crippen molar-refractivity contribution in [1.82, 2.24) is 5.32 Å². The van der Waals surface area contributed by atoms with Gasteiger partial charge in [0.25, 0.3) is 0 Å². The zero-order valence-electron chi connectivity index (χ0n) is 12.0. The number of benzene rings is 1. The maximum absolute atomic E-state index is 11.9. The molecule has 1 aromatic rings. The number of ether oxygens (including phenoxy) is 1. The molecule has 0 radical (unpaired) electrons. The molecule has 1 saturated heterocycles. The minimum Gasteiger partial charge on any atom is -0.505 e. The number of nitrogens with one attached hydrogen (secondary N) is 2. The topological polar surface area (TPSA) is 70.6 Å². The minimum atomic E-state index is -0.233. The summed E-state index contributed by atoms with van der Waals surface area (Å²) in [5.74, 6) is -0.116. The Morgan fingerprint density at radius 3 is 2.80 bits per heavy atom. The fraction of sp³-hybridized carbons (Fsp3) is 0.533. The van der Waals surface area contributed by atoms with Crippen LogP contribution in [0.5, 0.6) is 5.75 Å². The zero-order valence-corrected chi connectivity index (χ0v) is 12.0. The quantitative estimate of drug-likeness (QED) is 0.733. The average molecular weight is 278 g/mol. The first-order chi connectivity index (χ1) is 9.56. The van der Waals surface area contributed by atoms with Gasteiger partial charge < -0.3 is 20.5 Å². The van der Waals surface area contributed by atoms with Crippen LogP contribution < -0.4 is 10.6 Å². The van der Waals surface area contributed by atoms with Crippen molar-refractivity contribution >= 4 is 11.6 Å². The Balaban J connectivity index is 1.88. The summed E-state index contributed by atoms with van der Waals surface area (Å²) in [6.07, 6.45) is 2.01. The molecular formula is C15H22N2O3. The lowest BCUT2D eigenvalue weighted by Gasteiger charge is -2.22. The van der Waals surface area contributed by atoms with E-state index in [2.05, 4.69) is 10.6 Å². The lowest BCUT2D eigenvalue weighted by atomic mass is 10.1. The number of anilines is 1. The van der Waals surface area contributed by atoms with Gasteiger partial charge in [-0.05, 0) is 57.0 Å². The lowest BCUT2D eigenvalue weighted by Crippen LogP contribution is -2.34. The van der Waals surface area contributed by atoms with Crippen LogP contribution in [-0.4, -0.2) is 36.8 Å². The predicted molar refractivity (Wildman–Crippen MR) is 78.1 cm³/mol. The molecule has 1 aliphatic rings. The highest BCUT2D eigenvalue weighted by molar-refractivity contribution is 5.93. The van der Waals surface area contributed by atoms with Crippen molar-refractivity contribution in [1.29, 1.82) is 0 Å². The Kier molecular flexibility index (Phi) is 4.98. The molecule has 1 aromatic carbocycles. The fourth-order valence-electron chi connectivity index (χ4n) is 2.40. The first-order valence-electron chi connectivity index (χ1n) is 6.98. The summed E-state index contributed by atoms with van der Waals surface area (Å²) in [5.41, 5.74) is 2.19. The third-order valence-electron chi connectivity index (χ3n) is 3.46. The molecule has 2 rings (SSSR count). The number of rotatable bonds is 4. The Hall–Kier alpha value is -1.59. The van der Waals surface area contributed by atoms with Crippen molar-refractivity contribution in [2.75, 3.05) is 25.0 Å². The minimum absolute atomic E-state index is 0.0249. The number of aryl methyl sites for hydroxylation is 2. The van der Waals surface area contributed by atoms with E-state index in [0.717, 1.165) is 37.1 Å². The zero-order chi connectivity index (χ0) is 14.5. The van der Waals surface area contributed by atoms with Crippen LogP contribution in [0.2, 0.25) is 0 Å². The molecule has 0 unspecified atom stereocenters. The Bertz CT molecular complexity index is 482. The van der Waals surface area contributed by atoms with Crippen molar-refractivity contribution in [2.45, 2.75) is 32.8 Å². The van der Waals surface area contributed by atoms with E-state index in [1.165, 1.54) is 0 Å². The third kappa shape index (κ3) is 3.95. The van der Waals surface area contributed by atoms with Gasteiger partial charge in [-0.3, -0.25) is 4.79 Å². The largest absolute Gasteiger partial charge is 0.505 e. The average Bonchev–Trinajstić information content (AvgIpc) is 2.43. The van der Waals surface area contributed by atoms with Crippen molar-refractivity contribution in [2.24, 2.45) is 0 Å². The van der Waals surface area contributed by atoms with Gasteiger partial charge in [0.2, 0.25) is 5.91 Å². The van der Waals surface area contributed by atoms with E-state index in [4.69, 9.17) is 4.74 Å². The van der Waals surface area contributed by atoms with Crippen LogP contribution in [0.4, 0.5) is 5.69 Å². The Morgan fingerprint density at radius 1 is 1.40 bits per heavy atom. The first-order valence-corrected chi connectivity index (χ1v) is 6.98. The normalized spacial score (nSPS) is 16.1. The molecule has 0 spiro atoms. The van der Waals surface area contributed by atoms with E-state index in [9.17, 15) is 9.90 Å². The molecule has 3 N–H and O–H groups in total. The highest BCUT2D eigenvalue weighted by atomic mass is 16.5. The molecule has 110 valence electrons. The van der Waals surface area contributed by atoms with Crippen LogP contribution in [0.25, 0.3) is 0 Å². The second-order valence-electron chi connectivity index (χ2n) is 5.29. The number of carbonyl (C=O) groups excluding carboxylic acids is 1. The Labute approximate surface area is 119 Å². The van der Waals surface area contributed by atoms with Gasteiger partial charge in [0.1, 0.15) is 12.4 Å². The van der Waals surface area contributed by atoms with Crippen LogP contribution >= 0.6 is 0 Å². The molecule has 5 nitrogen and oxygen atoms in total. The summed E-state index contributed by atoms with van der Waals surface area (Å²) in [6, 6.07) is 3.63. The smallest absolute Gasteiger partial charge is 0.250 e. The molecule has 0 aliphatic carbocycles. The molecule has 1 amide bonds. The van der Waals surface area contributed by atoms with Gasteiger partial charge in [0, 0.05) is 0 Å². The maximum Gasteiger partial charge on any atom is 0.250 e. The van der Waals surface area contributed by atoms with Crippen LogP contribution in [-0.2, 0) is 9.53 Å². The van der Waals surface area contributed by atoms with Crippen LogP contribution in [0.15, 0.2) is 12.1 Å². The van der Waals surface area contributed by atoms with Crippen molar-refractivity contribution in [3.63, 3.8) is 0 Å². The number of hydrogen-bond donors (Lipinski definition) is 3. The molecule has 5 heteroatoms. The molecule has 1 heterocycles. The molecule has 1 aliphatic heterocycles. The molecule has 0 aromatic heterocycles. The summed E-state index contributed by atoms with van der Waals surface area (Å²) < 4.78 is 5.58. The summed E-state index contributed by atoms with van der Waals surface area (Å²) in [4.78, 5) is 11.9. The van der Waals surface area contributed by atoms with E-state index in [-0.39, 0.29) is 24.4 Å². The second-order valence-corrected chi connectivity index (χ2v) is 5.29. The SMILES string of the molecule is Cc1cc(C)c(O)c(NC(=O)COC2CCNCC2)c1. The molecule has 0 saturated carbocycles. The molecule has 0 bridgehead atoms. The standard InChI is InChI=1S/C15H22N2O3/c1-10-7-11(2)15(19)13(8-10)17-14(18)9-20-12-3-5-16-6-4-12/h7-8,12,16,19H,3-6,9H2,1-2H3,(H,17,18). The van der Waals surface area contributed by atoms with Crippen LogP contribution in [0.3, 0.4) is 0 Å². The number of carbonyl (C=O) groups is 1. The number of aromatic hydroxyl groups is 1. The van der Waals surface area contributed by atoms with Crippen LogP contribution in [0.1, 0.15) is 24.0 Å². The van der Waals surface area contributed by atoms with Crippen LogP contribution in [0, 0.1) is 13.8 Å². The van der Waals surface area contributed by atoms with E-state index < -0.39 is 0 Å². The van der Waals surface area contributed by atoms with Gasteiger partial charge in [-0.2, -0.15) is 0 Å². The Morgan fingerprint density at radius 2 is 2.10 bits per heavy atom. The van der Waals surface area contributed by atoms with Crippen molar-refractivity contribution < 1.29 is 14.6 Å². The molecule has 20 heavy (non-hydrogen) atoms. The highest BCUT2D eigenvalue weighted by Gasteiger charge is 2.15. The lowest BCUT2D eigenvalue weighted by molar-refractivity contribution is -0.123. The number of piperidine rings is 1. The van der Waals surface area contributed by atoms with Gasteiger partial charge >= 0.3 is 0 Å². The molecule has 1 fully saturated rings. The van der Waals surface area contributed by atoms with Gasteiger partial charge in [0.05, 0.1) is 11.8 Å². The third-order valence-corrected chi connectivity index (χ3v) is 3.46. The number of amides is 1. The van der Waals surface area contributed by atoms with E-state index >= 15 is 0 Å². The van der Waals surface area contributed by atoms with Crippen molar-refractivity contribution in [3.05, 3.63) is 23.3 Å². The van der Waals surface area contributed by atoms with Gasteiger partial charge in [0.15, 0.2) is 0 Å². The number of hydrogen-bond acceptors (Lipinski definition) is 4. The molecular weight excluding hydrogens is 256 g/mol. The number of phenolic OH excluding ortho intramolecular Hbond substituents is 1. The van der Waals surface area contributed by atoms with E-state index in [1.54, 1.807) is 6.07 Å².